The maximum Gasteiger partial charge on any atom is 0.262 e. The van der Waals surface area contributed by atoms with Crippen LogP contribution in [-0.2, 0) is 0 Å². The van der Waals surface area contributed by atoms with Crippen molar-refractivity contribution in [3.63, 3.8) is 0 Å². The highest BCUT2D eigenvalue weighted by Gasteiger charge is 2.16. The summed E-state index contributed by atoms with van der Waals surface area (Å²) in [5.74, 6) is -0.846. The van der Waals surface area contributed by atoms with Crippen LogP contribution in [0.2, 0.25) is 0 Å². The first-order valence-electron chi connectivity index (χ1n) is 7.74. The van der Waals surface area contributed by atoms with Gasteiger partial charge < -0.3 is 5.11 Å². The van der Waals surface area contributed by atoms with Gasteiger partial charge in [0.25, 0.3) is 5.56 Å². The van der Waals surface area contributed by atoms with Gasteiger partial charge in [0.05, 0.1) is 11.4 Å². The standard InChI is InChI=1S/C19H12FN3O2S/c20-12-4-3-5-13(9-12)23-18(25)15(17(24)22-19(23)26)8-11-10-21-16-7-2-1-6-14(11)16/h1-10,25H,(H,22,24,26). The van der Waals surface area contributed by atoms with Crippen LogP contribution in [0, 0.1) is 10.6 Å². The van der Waals surface area contributed by atoms with E-state index in [1.807, 2.05) is 24.3 Å². The van der Waals surface area contributed by atoms with Crippen molar-refractivity contribution < 1.29 is 9.50 Å². The Morgan fingerprint density at radius 3 is 2.81 bits per heavy atom. The van der Waals surface area contributed by atoms with Gasteiger partial charge in [-0.1, -0.05) is 24.3 Å². The molecule has 128 valence electrons. The molecule has 0 radical (unpaired) electrons. The second-order valence-electron chi connectivity index (χ2n) is 5.69. The fourth-order valence-electron chi connectivity index (χ4n) is 2.83. The number of fused-ring (bicyclic) bond motifs is 1. The highest BCUT2D eigenvalue weighted by atomic mass is 32.1. The molecular formula is C19H12FN3O2S. The molecule has 0 bridgehead atoms. The van der Waals surface area contributed by atoms with Crippen LogP contribution >= 0.6 is 12.2 Å². The number of para-hydroxylation sites is 1. The Labute approximate surface area is 152 Å². The average Bonchev–Trinajstić information content (AvgIpc) is 3.01. The molecule has 0 fully saturated rings. The number of hydrogen-bond donors (Lipinski definition) is 2. The number of nitrogens with zero attached hydrogens (tertiary/aromatic N) is 2. The van der Waals surface area contributed by atoms with Crippen LogP contribution in [0.5, 0.6) is 5.88 Å². The number of aliphatic imine (C=N–C) groups is 1. The number of hydrogen-bond acceptors (Lipinski definition) is 4. The van der Waals surface area contributed by atoms with Crippen molar-refractivity contribution in [2.24, 2.45) is 4.99 Å². The smallest absolute Gasteiger partial charge is 0.262 e. The zero-order valence-electron chi connectivity index (χ0n) is 13.3. The first-order valence-corrected chi connectivity index (χ1v) is 8.15. The summed E-state index contributed by atoms with van der Waals surface area (Å²) in [6.07, 6.45) is 3.16. The topological polar surface area (TPSA) is 70.4 Å². The van der Waals surface area contributed by atoms with E-state index in [0.717, 1.165) is 11.3 Å². The molecule has 0 unspecified atom stereocenters. The highest BCUT2D eigenvalue weighted by molar-refractivity contribution is 7.71. The number of allylic oxidation sites excluding steroid dienone is 1. The van der Waals surface area contributed by atoms with E-state index in [1.165, 1.54) is 28.8 Å². The van der Waals surface area contributed by atoms with E-state index < -0.39 is 11.4 Å². The molecule has 2 aromatic carbocycles. The number of benzene rings is 2. The summed E-state index contributed by atoms with van der Waals surface area (Å²) in [5.41, 5.74) is 2.11. The molecule has 5 nitrogen and oxygen atoms in total. The maximum absolute atomic E-state index is 13.6. The van der Waals surface area contributed by atoms with Crippen LogP contribution in [0.1, 0.15) is 11.1 Å². The number of aromatic nitrogens is 2. The lowest BCUT2D eigenvalue weighted by Crippen LogP contribution is -2.16. The highest BCUT2D eigenvalue weighted by Crippen LogP contribution is 2.33. The van der Waals surface area contributed by atoms with Crippen LogP contribution in [0.3, 0.4) is 0 Å². The molecule has 0 saturated heterocycles. The zero-order chi connectivity index (χ0) is 18.3. The summed E-state index contributed by atoms with van der Waals surface area (Å²) in [4.78, 5) is 19.1. The number of nitrogens with one attached hydrogen (secondary N) is 1. The van der Waals surface area contributed by atoms with Crippen molar-refractivity contribution in [1.82, 2.24) is 9.55 Å². The van der Waals surface area contributed by atoms with Gasteiger partial charge >= 0.3 is 0 Å². The van der Waals surface area contributed by atoms with Gasteiger partial charge in [-0.15, -0.1) is 0 Å². The average molecular weight is 365 g/mol. The molecule has 1 aliphatic rings. The van der Waals surface area contributed by atoms with Crippen molar-refractivity contribution in [3.05, 3.63) is 80.6 Å². The molecule has 2 N–H and O–H groups in total. The number of rotatable bonds is 2. The molecule has 3 aromatic rings. The lowest BCUT2D eigenvalue weighted by Gasteiger charge is -2.11. The first kappa shape index (κ1) is 16.2. The molecule has 2 heterocycles. The van der Waals surface area contributed by atoms with Crippen molar-refractivity contribution in [2.75, 3.05) is 0 Å². The van der Waals surface area contributed by atoms with Crippen LogP contribution in [0.15, 0.2) is 58.3 Å². The third-order valence-corrected chi connectivity index (χ3v) is 4.33. The molecule has 0 amide bonds. The van der Waals surface area contributed by atoms with Crippen LogP contribution in [0.25, 0.3) is 17.3 Å². The van der Waals surface area contributed by atoms with Gasteiger partial charge in [0.2, 0.25) is 5.88 Å². The number of H-pyrrole nitrogens is 1. The van der Waals surface area contributed by atoms with Gasteiger partial charge in [-0.25, -0.2) is 4.39 Å². The number of aromatic hydroxyl groups is 1. The van der Waals surface area contributed by atoms with Crippen LogP contribution in [-0.4, -0.2) is 20.9 Å². The van der Waals surface area contributed by atoms with Crippen molar-refractivity contribution >= 4 is 35.8 Å². The normalized spacial score (nSPS) is 14.0. The minimum Gasteiger partial charge on any atom is -0.494 e. The fraction of sp³-hybridized carbons (Fsp3) is 0. The molecule has 7 heteroatoms. The third kappa shape index (κ3) is 2.68. The first-order chi connectivity index (χ1) is 12.5. The van der Waals surface area contributed by atoms with E-state index in [2.05, 4.69) is 9.98 Å². The second kappa shape index (κ2) is 6.20. The minimum absolute atomic E-state index is 0.0148. The molecule has 0 atom stereocenters. The molecule has 0 aliphatic carbocycles. The fourth-order valence-corrected chi connectivity index (χ4v) is 3.12. The summed E-state index contributed by atoms with van der Waals surface area (Å²) in [6, 6.07) is 13.0. The lowest BCUT2D eigenvalue weighted by atomic mass is 10.1. The van der Waals surface area contributed by atoms with E-state index in [0.29, 0.717) is 11.3 Å². The van der Waals surface area contributed by atoms with E-state index in [9.17, 15) is 14.3 Å². The Kier molecular flexibility index (Phi) is 3.85. The Bertz CT molecular complexity index is 1210. The largest absolute Gasteiger partial charge is 0.494 e. The summed E-state index contributed by atoms with van der Waals surface area (Å²) >= 11 is 5.14. The summed E-state index contributed by atoms with van der Waals surface area (Å²) in [6.45, 7) is 0. The van der Waals surface area contributed by atoms with Crippen molar-refractivity contribution in [3.8, 4) is 11.6 Å². The Morgan fingerprint density at radius 2 is 2.00 bits per heavy atom. The Morgan fingerprint density at radius 1 is 1.19 bits per heavy atom. The molecule has 0 spiro atoms. The van der Waals surface area contributed by atoms with Gasteiger partial charge in [0, 0.05) is 17.4 Å². The molecule has 26 heavy (non-hydrogen) atoms. The van der Waals surface area contributed by atoms with E-state index >= 15 is 0 Å². The third-order valence-electron chi connectivity index (χ3n) is 4.04. The van der Waals surface area contributed by atoms with Crippen molar-refractivity contribution in [2.45, 2.75) is 0 Å². The number of aromatic amines is 1. The summed E-state index contributed by atoms with van der Waals surface area (Å²) in [5, 5.41) is 10.7. The summed E-state index contributed by atoms with van der Waals surface area (Å²) in [7, 11) is 0. The Hall–Kier alpha value is -3.32. The van der Waals surface area contributed by atoms with Crippen molar-refractivity contribution in [1.29, 1.82) is 0 Å². The van der Waals surface area contributed by atoms with Gasteiger partial charge in [-0.05, 0) is 42.6 Å². The van der Waals surface area contributed by atoms with Crippen LogP contribution in [0.4, 0.5) is 10.1 Å². The molecule has 0 saturated carbocycles. The maximum atomic E-state index is 13.6. The predicted molar refractivity (Wildman–Crippen MR) is 101 cm³/mol. The minimum atomic E-state index is -0.537. The number of halogens is 1. The predicted octanol–water partition coefficient (Wildman–Crippen LogP) is 4.00. The van der Waals surface area contributed by atoms with E-state index in [1.54, 1.807) is 12.3 Å². The lowest BCUT2D eigenvalue weighted by molar-refractivity contribution is 0.431. The molecular weight excluding hydrogens is 353 g/mol. The Balaban J connectivity index is 1.93. The molecule has 1 aromatic heterocycles. The molecule has 4 rings (SSSR count). The quantitative estimate of drug-likeness (QED) is 0.675. The zero-order valence-corrected chi connectivity index (χ0v) is 14.1. The van der Waals surface area contributed by atoms with Gasteiger partial charge in [-0.3, -0.25) is 19.3 Å². The van der Waals surface area contributed by atoms with Crippen LogP contribution < -0.4 is 5.56 Å². The van der Waals surface area contributed by atoms with Gasteiger partial charge in [0.15, 0.2) is 4.77 Å². The molecule has 1 aliphatic heterocycles. The monoisotopic (exact) mass is 365 g/mol. The van der Waals surface area contributed by atoms with Gasteiger partial charge in [0.1, 0.15) is 11.4 Å². The van der Waals surface area contributed by atoms with E-state index in [4.69, 9.17) is 12.2 Å². The van der Waals surface area contributed by atoms with Gasteiger partial charge in [-0.2, -0.15) is 0 Å². The summed E-state index contributed by atoms with van der Waals surface area (Å²) < 4.78 is 14.7. The van der Waals surface area contributed by atoms with E-state index in [-0.39, 0.29) is 16.2 Å². The SMILES string of the molecule is O=c1[nH]c(=S)n(-c2cccc(F)c2)c(O)c1C=C1C=Nc2ccccc21. The second-order valence-corrected chi connectivity index (χ2v) is 6.07.